The zero-order chi connectivity index (χ0) is 11.4. The number of ether oxygens (including phenoxy) is 1. The number of nitrogens with two attached hydrogens (primary N) is 1. The van der Waals surface area contributed by atoms with Crippen LogP contribution in [0.3, 0.4) is 0 Å². The van der Waals surface area contributed by atoms with Crippen molar-refractivity contribution in [3.63, 3.8) is 0 Å². The molecule has 0 aliphatic rings. The molecule has 0 fully saturated rings. The SMILES string of the molecule is CN(C(=N)N)c1cccc(OC(F)F)c1. The molecule has 1 rings (SSSR count). The second-order valence-corrected chi connectivity index (χ2v) is 2.82. The quantitative estimate of drug-likeness (QED) is 0.594. The summed E-state index contributed by atoms with van der Waals surface area (Å²) in [5, 5.41) is 7.16. The fourth-order valence-corrected chi connectivity index (χ4v) is 1.01. The van der Waals surface area contributed by atoms with Crippen molar-refractivity contribution in [2.24, 2.45) is 5.73 Å². The summed E-state index contributed by atoms with van der Waals surface area (Å²) >= 11 is 0. The molecule has 3 N–H and O–H groups in total. The molecular weight excluding hydrogens is 204 g/mol. The minimum atomic E-state index is -2.86. The number of rotatable bonds is 3. The molecule has 0 saturated heterocycles. The Morgan fingerprint density at radius 1 is 1.53 bits per heavy atom. The van der Waals surface area contributed by atoms with Crippen LogP contribution in [0.4, 0.5) is 14.5 Å². The van der Waals surface area contributed by atoms with Crippen LogP contribution in [0.25, 0.3) is 0 Å². The van der Waals surface area contributed by atoms with Crippen LogP contribution in [0, 0.1) is 5.41 Å². The third-order valence-corrected chi connectivity index (χ3v) is 1.79. The normalized spacial score (nSPS) is 10.1. The van der Waals surface area contributed by atoms with Gasteiger partial charge in [0.15, 0.2) is 5.96 Å². The van der Waals surface area contributed by atoms with Gasteiger partial charge in [0.1, 0.15) is 5.75 Å². The van der Waals surface area contributed by atoms with Crippen molar-refractivity contribution < 1.29 is 13.5 Å². The molecule has 4 nitrogen and oxygen atoms in total. The maximum absolute atomic E-state index is 11.9. The molecule has 0 aliphatic heterocycles. The van der Waals surface area contributed by atoms with E-state index in [2.05, 4.69) is 4.74 Å². The van der Waals surface area contributed by atoms with Gasteiger partial charge in [0.05, 0.1) is 0 Å². The van der Waals surface area contributed by atoms with E-state index in [1.165, 1.54) is 17.0 Å². The lowest BCUT2D eigenvalue weighted by Gasteiger charge is -2.17. The number of hydrogen-bond acceptors (Lipinski definition) is 2. The molecule has 6 heteroatoms. The van der Waals surface area contributed by atoms with E-state index in [0.717, 1.165) is 0 Å². The molecule has 0 bridgehead atoms. The fourth-order valence-electron chi connectivity index (χ4n) is 1.01. The standard InChI is InChI=1S/C9H11F2N3O/c1-14(9(12)13)6-3-2-4-7(5-6)15-8(10)11/h2-5,8H,1H3,(H3,12,13). The number of guanidine groups is 1. The van der Waals surface area contributed by atoms with Crippen LogP contribution >= 0.6 is 0 Å². The number of nitrogens with zero attached hydrogens (tertiary/aromatic N) is 1. The summed E-state index contributed by atoms with van der Waals surface area (Å²) in [5.74, 6) is -0.139. The highest BCUT2D eigenvalue weighted by molar-refractivity contribution is 5.91. The van der Waals surface area contributed by atoms with Gasteiger partial charge in [-0.1, -0.05) is 6.07 Å². The summed E-state index contributed by atoms with van der Waals surface area (Å²) in [5.41, 5.74) is 5.75. The van der Waals surface area contributed by atoms with Crippen LogP contribution in [0.5, 0.6) is 5.75 Å². The number of hydrogen-bond donors (Lipinski definition) is 2. The van der Waals surface area contributed by atoms with Gasteiger partial charge in [-0.3, -0.25) is 5.41 Å². The summed E-state index contributed by atoms with van der Waals surface area (Å²) < 4.78 is 28.0. The lowest BCUT2D eigenvalue weighted by Crippen LogP contribution is -2.32. The van der Waals surface area contributed by atoms with Crippen LogP contribution in [0.2, 0.25) is 0 Å². The molecule has 0 saturated carbocycles. The fraction of sp³-hybridized carbons (Fsp3) is 0.222. The van der Waals surface area contributed by atoms with Gasteiger partial charge in [0.2, 0.25) is 0 Å². The van der Waals surface area contributed by atoms with Crippen LogP contribution in [0.1, 0.15) is 0 Å². The average Bonchev–Trinajstić information content (AvgIpc) is 2.16. The number of halogens is 2. The Morgan fingerprint density at radius 3 is 2.73 bits per heavy atom. The highest BCUT2D eigenvalue weighted by atomic mass is 19.3. The summed E-state index contributed by atoms with van der Waals surface area (Å²) in [7, 11) is 1.56. The number of anilines is 1. The van der Waals surface area contributed by atoms with Crippen LogP contribution in [0.15, 0.2) is 24.3 Å². The molecule has 0 unspecified atom stereocenters. The first kappa shape index (κ1) is 11.2. The molecule has 1 aromatic carbocycles. The van der Waals surface area contributed by atoms with Crippen LogP contribution in [-0.2, 0) is 0 Å². The predicted molar refractivity (Wildman–Crippen MR) is 53.4 cm³/mol. The Bertz CT molecular complexity index is 357. The molecule has 1 aromatic rings. The molecule has 0 amide bonds. The van der Waals surface area contributed by atoms with E-state index in [0.29, 0.717) is 5.69 Å². The van der Waals surface area contributed by atoms with Crippen LogP contribution in [-0.4, -0.2) is 19.6 Å². The molecule has 0 atom stereocenters. The Kier molecular flexibility index (Phi) is 3.43. The Balaban J connectivity index is 2.87. The maximum atomic E-state index is 11.9. The minimum absolute atomic E-state index is 0.0376. The highest BCUT2D eigenvalue weighted by Gasteiger charge is 2.07. The van der Waals surface area contributed by atoms with Crippen molar-refractivity contribution in [1.82, 2.24) is 0 Å². The molecule has 0 radical (unpaired) electrons. The van der Waals surface area contributed by atoms with Gasteiger partial charge in [0.25, 0.3) is 0 Å². The third kappa shape index (κ3) is 3.08. The molecule has 0 aromatic heterocycles. The summed E-state index contributed by atoms with van der Waals surface area (Å²) in [4.78, 5) is 1.35. The van der Waals surface area contributed by atoms with Crippen molar-refractivity contribution in [2.45, 2.75) is 6.61 Å². The second kappa shape index (κ2) is 4.59. The van der Waals surface area contributed by atoms with E-state index < -0.39 is 6.61 Å². The third-order valence-electron chi connectivity index (χ3n) is 1.79. The minimum Gasteiger partial charge on any atom is -0.435 e. The van der Waals surface area contributed by atoms with E-state index in [1.54, 1.807) is 19.2 Å². The van der Waals surface area contributed by atoms with E-state index in [4.69, 9.17) is 11.1 Å². The lowest BCUT2D eigenvalue weighted by atomic mass is 10.3. The maximum Gasteiger partial charge on any atom is 0.387 e. The van der Waals surface area contributed by atoms with Crippen molar-refractivity contribution in [3.05, 3.63) is 24.3 Å². The molecular formula is C9H11F2N3O. The zero-order valence-electron chi connectivity index (χ0n) is 8.08. The van der Waals surface area contributed by atoms with Gasteiger partial charge in [0, 0.05) is 18.8 Å². The molecule has 0 spiro atoms. The topological polar surface area (TPSA) is 62.3 Å². The van der Waals surface area contributed by atoms with E-state index in [9.17, 15) is 8.78 Å². The van der Waals surface area contributed by atoms with Gasteiger partial charge in [-0.2, -0.15) is 8.78 Å². The molecule has 0 aliphatic carbocycles. The monoisotopic (exact) mass is 215 g/mol. The average molecular weight is 215 g/mol. The Labute approximate surface area is 85.8 Å². The highest BCUT2D eigenvalue weighted by Crippen LogP contribution is 2.21. The summed E-state index contributed by atoms with van der Waals surface area (Å²) in [6.45, 7) is -2.86. The first-order valence-corrected chi connectivity index (χ1v) is 4.13. The van der Waals surface area contributed by atoms with Crippen molar-refractivity contribution in [2.75, 3.05) is 11.9 Å². The second-order valence-electron chi connectivity index (χ2n) is 2.82. The Morgan fingerprint density at radius 2 is 2.20 bits per heavy atom. The molecule has 82 valence electrons. The first-order valence-electron chi connectivity index (χ1n) is 4.13. The van der Waals surface area contributed by atoms with E-state index in [-0.39, 0.29) is 11.7 Å². The lowest BCUT2D eigenvalue weighted by molar-refractivity contribution is -0.0498. The van der Waals surface area contributed by atoms with E-state index >= 15 is 0 Å². The van der Waals surface area contributed by atoms with Gasteiger partial charge < -0.3 is 15.4 Å². The summed E-state index contributed by atoms with van der Waals surface area (Å²) in [6.07, 6.45) is 0. The molecule has 0 heterocycles. The smallest absolute Gasteiger partial charge is 0.387 e. The number of nitrogens with one attached hydrogen (secondary N) is 1. The van der Waals surface area contributed by atoms with Crippen molar-refractivity contribution in [1.29, 1.82) is 5.41 Å². The van der Waals surface area contributed by atoms with Crippen molar-refractivity contribution >= 4 is 11.6 Å². The van der Waals surface area contributed by atoms with Gasteiger partial charge in [-0.25, -0.2) is 0 Å². The largest absolute Gasteiger partial charge is 0.435 e. The van der Waals surface area contributed by atoms with Crippen molar-refractivity contribution in [3.8, 4) is 5.75 Å². The molecule has 15 heavy (non-hydrogen) atoms. The number of alkyl halides is 2. The van der Waals surface area contributed by atoms with Gasteiger partial charge in [-0.05, 0) is 12.1 Å². The van der Waals surface area contributed by atoms with Crippen LogP contribution < -0.4 is 15.4 Å². The zero-order valence-corrected chi connectivity index (χ0v) is 8.08. The Hall–Kier alpha value is -1.85. The van der Waals surface area contributed by atoms with E-state index in [1.807, 2.05) is 0 Å². The summed E-state index contributed by atoms with van der Waals surface area (Å²) in [6, 6.07) is 5.98. The number of benzene rings is 1. The first-order chi connectivity index (χ1) is 7.00. The van der Waals surface area contributed by atoms with Gasteiger partial charge >= 0.3 is 6.61 Å². The van der Waals surface area contributed by atoms with Gasteiger partial charge in [-0.15, -0.1) is 0 Å². The predicted octanol–water partition coefficient (Wildman–Crippen LogP) is 1.62.